The average Bonchev–Trinajstić information content (AvgIpc) is 3.19. The number of nitrogens with one attached hydrogen (secondary N) is 1. The lowest BCUT2D eigenvalue weighted by atomic mass is 10.1. The normalized spacial score (nSPS) is 27.4. The Morgan fingerprint density at radius 1 is 1.26 bits per heavy atom. The van der Waals surface area contributed by atoms with E-state index in [1.165, 1.54) is 24.0 Å². The fourth-order valence-corrected chi connectivity index (χ4v) is 3.80. The molecular weight excluding hydrogens is 286 g/mol. The van der Waals surface area contributed by atoms with Gasteiger partial charge in [0.05, 0.1) is 12.4 Å². The van der Waals surface area contributed by atoms with Crippen molar-refractivity contribution in [2.24, 2.45) is 5.92 Å². The van der Waals surface area contributed by atoms with Crippen LogP contribution < -0.4 is 5.32 Å². The zero-order valence-corrected chi connectivity index (χ0v) is 13.4. The Labute approximate surface area is 137 Å². The first-order chi connectivity index (χ1) is 11.3. The summed E-state index contributed by atoms with van der Waals surface area (Å²) in [6.07, 6.45) is 10.0. The van der Waals surface area contributed by atoms with Crippen LogP contribution in [0.3, 0.4) is 0 Å². The first-order valence-corrected chi connectivity index (χ1v) is 8.74. The number of aromatic nitrogens is 2. The molecule has 0 bridgehead atoms. The summed E-state index contributed by atoms with van der Waals surface area (Å²) in [5.41, 5.74) is 2.81. The molecule has 2 N–H and O–H groups in total. The van der Waals surface area contributed by atoms with Crippen molar-refractivity contribution < 1.29 is 5.11 Å². The quantitative estimate of drug-likeness (QED) is 0.862. The summed E-state index contributed by atoms with van der Waals surface area (Å²) in [5.74, 6) is 1.32. The third-order valence-corrected chi connectivity index (χ3v) is 5.22. The van der Waals surface area contributed by atoms with Gasteiger partial charge in [0.2, 0.25) is 0 Å². The number of hydrogen-bond acceptors (Lipinski definition) is 3. The van der Waals surface area contributed by atoms with Crippen molar-refractivity contribution in [2.45, 2.75) is 56.8 Å². The summed E-state index contributed by atoms with van der Waals surface area (Å²) in [6, 6.07) is 9.12. The number of aliphatic hydroxyl groups is 1. The lowest BCUT2D eigenvalue weighted by Crippen LogP contribution is -2.35. The predicted molar refractivity (Wildman–Crippen MR) is 90.0 cm³/mol. The Hall–Kier alpha value is -1.65. The van der Waals surface area contributed by atoms with Crippen LogP contribution in [0.4, 0.5) is 0 Å². The second-order valence-electron chi connectivity index (χ2n) is 7.17. The van der Waals surface area contributed by atoms with Crippen LogP contribution in [0, 0.1) is 5.92 Å². The number of hydrogen-bond donors (Lipinski definition) is 2. The van der Waals surface area contributed by atoms with E-state index in [1.807, 2.05) is 18.7 Å². The van der Waals surface area contributed by atoms with Gasteiger partial charge < -0.3 is 15.0 Å². The van der Waals surface area contributed by atoms with Gasteiger partial charge >= 0.3 is 0 Å². The van der Waals surface area contributed by atoms with Crippen LogP contribution in [0.1, 0.15) is 42.7 Å². The second kappa shape index (κ2) is 6.46. The molecule has 2 saturated carbocycles. The van der Waals surface area contributed by atoms with E-state index >= 15 is 0 Å². The largest absolute Gasteiger partial charge is 0.391 e. The molecule has 4 nitrogen and oxygen atoms in total. The molecule has 1 aromatic carbocycles. The van der Waals surface area contributed by atoms with Crippen molar-refractivity contribution in [1.82, 2.24) is 14.9 Å². The SMILES string of the molecule is O[C@@H]1CC(Cn2ccnc2)C[C@H]1NCc1cccc(C2CC2)c1. The van der Waals surface area contributed by atoms with Crippen LogP contribution in [-0.4, -0.2) is 26.8 Å². The summed E-state index contributed by atoms with van der Waals surface area (Å²) >= 11 is 0. The van der Waals surface area contributed by atoms with Crippen molar-refractivity contribution >= 4 is 0 Å². The Balaban J connectivity index is 1.31. The number of rotatable bonds is 6. The molecule has 1 heterocycles. The molecule has 2 aromatic rings. The summed E-state index contributed by atoms with van der Waals surface area (Å²) < 4.78 is 2.11. The van der Waals surface area contributed by atoms with E-state index < -0.39 is 0 Å². The lowest BCUT2D eigenvalue weighted by molar-refractivity contribution is 0.145. The highest BCUT2D eigenvalue weighted by molar-refractivity contribution is 5.29. The van der Waals surface area contributed by atoms with Gasteiger partial charge in [-0.25, -0.2) is 4.98 Å². The highest BCUT2D eigenvalue weighted by Gasteiger charge is 2.32. The van der Waals surface area contributed by atoms with Crippen LogP contribution >= 0.6 is 0 Å². The Morgan fingerprint density at radius 3 is 2.96 bits per heavy atom. The molecule has 23 heavy (non-hydrogen) atoms. The van der Waals surface area contributed by atoms with Crippen LogP contribution in [0.15, 0.2) is 43.0 Å². The maximum Gasteiger partial charge on any atom is 0.0945 e. The minimum Gasteiger partial charge on any atom is -0.391 e. The molecule has 4 rings (SSSR count). The third kappa shape index (κ3) is 3.65. The van der Waals surface area contributed by atoms with E-state index in [0.29, 0.717) is 5.92 Å². The molecule has 3 atom stereocenters. The van der Waals surface area contributed by atoms with E-state index in [-0.39, 0.29) is 12.1 Å². The molecule has 4 heteroatoms. The highest BCUT2D eigenvalue weighted by Crippen LogP contribution is 2.40. The van der Waals surface area contributed by atoms with E-state index in [9.17, 15) is 5.11 Å². The molecule has 0 radical (unpaired) electrons. The van der Waals surface area contributed by atoms with Gasteiger partial charge in [-0.15, -0.1) is 0 Å². The zero-order chi connectivity index (χ0) is 15.6. The van der Waals surface area contributed by atoms with Gasteiger partial charge in [0, 0.05) is 31.5 Å². The summed E-state index contributed by atoms with van der Waals surface area (Å²) in [7, 11) is 0. The van der Waals surface area contributed by atoms with Crippen molar-refractivity contribution in [3.05, 3.63) is 54.1 Å². The Morgan fingerprint density at radius 2 is 2.17 bits per heavy atom. The van der Waals surface area contributed by atoms with Crippen LogP contribution in [0.25, 0.3) is 0 Å². The summed E-state index contributed by atoms with van der Waals surface area (Å²) in [6.45, 7) is 1.80. The van der Waals surface area contributed by atoms with Crippen molar-refractivity contribution in [1.29, 1.82) is 0 Å². The lowest BCUT2D eigenvalue weighted by Gasteiger charge is -2.17. The predicted octanol–water partition coefficient (Wildman–Crippen LogP) is 2.69. The van der Waals surface area contributed by atoms with Gasteiger partial charge in [0.15, 0.2) is 0 Å². The van der Waals surface area contributed by atoms with Gasteiger partial charge in [-0.1, -0.05) is 24.3 Å². The number of aliphatic hydroxyl groups excluding tert-OH is 1. The molecule has 2 fully saturated rings. The van der Waals surface area contributed by atoms with Gasteiger partial charge in [-0.3, -0.25) is 0 Å². The highest BCUT2D eigenvalue weighted by atomic mass is 16.3. The second-order valence-corrected chi connectivity index (χ2v) is 7.17. The van der Waals surface area contributed by atoms with E-state index in [1.54, 1.807) is 0 Å². The maximum absolute atomic E-state index is 10.3. The number of imidazole rings is 1. The van der Waals surface area contributed by atoms with Gasteiger partial charge in [-0.2, -0.15) is 0 Å². The van der Waals surface area contributed by atoms with Crippen molar-refractivity contribution in [2.75, 3.05) is 0 Å². The topological polar surface area (TPSA) is 50.1 Å². The fourth-order valence-electron chi connectivity index (χ4n) is 3.80. The minimum atomic E-state index is -0.241. The van der Waals surface area contributed by atoms with E-state index in [0.717, 1.165) is 31.8 Å². The van der Waals surface area contributed by atoms with Gasteiger partial charge in [0.1, 0.15) is 0 Å². The summed E-state index contributed by atoms with van der Waals surface area (Å²) in [4.78, 5) is 4.09. The van der Waals surface area contributed by atoms with Crippen LogP contribution in [0.5, 0.6) is 0 Å². The Kier molecular flexibility index (Phi) is 4.19. The molecular formula is C19H25N3O. The average molecular weight is 311 g/mol. The number of nitrogens with zero attached hydrogens (tertiary/aromatic N) is 2. The minimum absolute atomic E-state index is 0.202. The zero-order valence-electron chi connectivity index (χ0n) is 13.4. The molecule has 0 spiro atoms. The van der Waals surface area contributed by atoms with Crippen molar-refractivity contribution in [3.8, 4) is 0 Å². The van der Waals surface area contributed by atoms with Gasteiger partial charge in [0.25, 0.3) is 0 Å². The van der Waals surface area contributed by atoms with Gasteiger partial charge in [-0.05, 0) is 48.6 Å². The number of benzene rings is 1. The first kappa shape index (κ1) is 14.9. The van der Waals surface area contributed by atoms with Crippen molar-refractivity contribution in [3.63, 3.8) is 0 Å². The fraction of sp³-hybridized carbons (Fsp3) is 0.526. The van der Waals surface area contributed by atoms with Crippen LogP contribution in [-0.2, 0) is 13.1 Å². The van der Waals surface area contributed by atoms with E-state index in [2.05, 4.69) is 39.1 Å². The summed E-state index contributed by atoms with van der Waals surface area (Å²) in [5, 5.41) is 13.9. The third-order valence-electron chi connectivity index (χ3n) is 5.22. The smallest absolute Gasteiger partial charge is 0.0945 e. The molecule has 122 valence electrons. The van der Waals surface area contributed by atoms with Crippen LogP contribution in [0.2, 0.25) is 0 Å². The maximum atomic E-state index is 10.3. The molecule has 2 aliphatic rings. The monoisotopic (exact) mass is 311 g/mol. The molecule has 1 unspecified atom stereocenters. The molecule has 2 aliphatic carbocycles. The standard InChI is InChI=1S/C19H25N3O/c23-19-10-15(12-22-7-6-20-13-22)9-18(19)21-11-14-2-1-3-17(8-14)16-4-5-16/h1-3,6-8,13,15-16,18-19,21,23H,4-5,9-12H2/t15?,18-,19-/m1/s1. The molecule has 0 aliphatic heterocycles. The van der Waals surface area contributed by atoms with E-state index in [4.69, 9.17) is 0 Å². The molecule has 0 saturated heterocycles. The molecule has 1 aromatic heterocycles. The first-order valence-electron chi connectivity index (χ1n) is 8.74. The molecule has 0 amide bonds. The Bertz CT molecular complexity index is 636.